The molecule has 2 fully saturated rings. The number of carboxylic acids is 1. The highest BCUT2D eigenvalue weighted by atomic mass is 35.5. The second-order valence-corrected chi connectivity index (χ2v) is 8.20. The van der Waals surface area contributed by atoms with E-state index in [1.54, 1.807) is 0 Å². The summed E-state index contributed by atoms with van der Waals surface area (Å²) in [5, 5.41) is 9.18. The monoisotopic (exact) mass is 409 g/mol. The molecule has 2 amide bonds. The van der Waals surface area contributed by atoms with Crippen LogP contribution >= 0.6 is 12.4 Å². The van der Waals surface area contributed by atoms with E-state index in [9.17, 15) is 14.7 Å². The molecule has 1 aromatic carbocycles. The summed E-state index contributed by atoms with van der Waals surface area (Å²) < 4.78 is 0. The van der Waals surface area contributed by atoms with Crippen molar-refractivity contribution in [2.45, 2.75) is 50.1 Å². The quantitative estimate of drug-likeness (QED) is 0.781. The van der Waals surface area contributed by atoms with E-state index in [-0.39, 0.29) is 36.1 Å². The molecule has 0 unspecified atom stereocenters. The largest absolute Gasteiger partial charge is 0.480 e. The third-order valence-corrected chi connectivity index (χ3v) is 6.51. The summed E-state index contributed by atoms with van der Waals surface area (Å²) in [4.78, 5) is 29.8. The average Bonchev–Trinajstić information content (AvgIpc) is 2.88. The highest BCUT2D eigenvalue weighted by molar-refractivity contribution is 5.85. The van der Waals surface area contributed by atoms with Gasteiger partial charge in [0, 0.05) is 18.6 Å². The van der Waals surface area contributed by atoms with Crippen LogP contribution in [0.5, 0.6) is 0 Å². The highest BCUT2D eigenvalue weighted by Crippen LogP contribution is 2.48. The Bertz CT molecular complexity index is 687. The molecule has 2 aliphatic rings. The minimum atomic E-state index is -0.945. The molecule has 7 heteroatoms. The van der Waals surface area contributed by atoms with Crippen LogP contribution in [0, 0.1) is 0 Å². The molecule has 3 rings (SSSR count). The first-order valence-electron chi connectivity index (χ1n) is 9.86. The fourth-order valence-corrected chi connectivity index (χ4v) is 5.02. The topological polar surface area (TPSA) is 64.1 Å². The molecule has 156 valence electrons. The summed E-state index contributed by atoms with van der Waals surface area (Å²) in [7, 11) is 4.26. The summed E-state index contributed by atoms with van der Waals surface area (Å²) in [5.41, 5.74) is 1.04. The van der Waals surface area contributed by atoms with Crippen molar-refractivity contribution in [1.82, 2.24) is 14.7 Å². The van der Waals surface area contributed by atoms with E-state index in [4.69, 9.17) is 0 Å². The maximum absolute atomic E-state index is 12.8. The molecule has 1 heterocycles. The normalized spacial score (nSPS) is 27.4. The molecular formula is C21H32ClN3O3. The fourth-order valence-electron chi connectivity index (χ4n) is 5.02. The van der Waals surface area contributed by atoms with Gasteiger partial charge < -0.3 is 14.9 Å². The van der Waals surface area contributed by atoms with Crippen molar-refractivity contribution in [3.05, 3.63) is 35.9 Å². The van der Waals surface area contributed by atoms with E-state index >= 15 is 0 Å². The van der Waals surface area contributed by atoms with Gasteiger partial charge in [-0.1, -0.05) is 37.3 Å². The summed E-state index contributed by atoms with van der Waals surface area (Å²) in [6, 6.07) is 10.5. The zero-order valence-electron chi connectivity index (χ0n) is 17.1. The molecule has 1 N–H and O–H groups in total. The van der Waals surface area contributed by atoms with Crippen LogP contribution in [0.15, 0.2) is 30.3 Å². The number of halogens is 1. The first-order valence-corrected chi connectivity index (χ1v) is 9.86. The minimum absolute atomic E-state index is 0. The van der Waals surface area contributed by atoms with Gasteiger partial charge in [-0.2, -0.15) is 0 Å². The molecule has 0 atom stereocenters. The molecule has 0 radical (unpaired) electrons. The molecule has 1 aliphatic heterocycles. The number of urea groups is 1. The van der Waals surface area contributed by atoms with E-state index in [2.05, 4.69) is 50.2 Å². The molecular weight excluding hydrogens is 378 g/mol. The summed E-state index contributed by atoms with van der Waals surface area (Å²) in [5.74, 6) is -0.945. The van der Waals surface area contributed by atoms with Gasteiger partial charge in [0.05, 0.1) is 5.54 Å². The Morgan fingerprint density at radius 1 is 1.14 bits per heavy atom. The number of carbonyl (C=O) groups is 2. The third-order valence-electron chi connectivity index (χ3n) is 6.51. The number of amides is 2. The molecule has 1 saturated heterocycles. The first kappa shape index (κ1) is 22.5. The van der Waals surface area contributed by atoms with E-state index in [1.165, 1.54) is 10.5 Å². The van der Waals surface area contributed by atoms with Crippen molar-refractivity contribution in [1.29, 1.82) is 0 Å². The van der Waals surface area contributed by atoms with Gasteiger partial charge in [-0.05, 0) is 51.8 Å². The first-order chi connectivity index (χ1) is 12.8. The van der Waals surface area contributed by atoms with Crippen molar-refractivity contribution in [2.24, 2.45) is 0 Å². The van der Waals surface area contributed by atoms with Gasteiger partial charge in [-0.25, -0.2) is 4.79 Å². The van der Waals surface area contributed by atoms with Gasteiger partial charge in [0.1, 0.15) is 6.54 Å². The molecule has 1 spiro atoms. The number of hydrogen-bond acceptors (Lipinski definition) is 3. The molecule has 1 aliphatic carbocycles. The lowest BCUT2D eigenvalue weighted by Gasteiger charge is -2.51. The molecule has 28 heavy (non-hydrogen) atoms. The Morgan fingerprint density at radius 2 is 1.75 bits per heavy atom. The molecule has 1 aromatic rings. The van der Waals surface area contributed by atoms with Gasteiger partial charge in [0.2, 0.25) is 0 Å². The Morgan fingerprint density at radius 3 is 2.25 bits per heavy atom. The van der Waals surface area contributed by atoms with Crippen LogP contribution in [0.25, 0.3) is 0 Å². The maximum Gasteiger partial charge on any atom is 0.323 e. The van der Waals surface area contributed by atoms with Crippen molar-refractivity contribution >= 4 is 24.4 Å². The van der Waals surface area contributed by atoms with E-state index in [0.717, 1.165) is 32.1 Å². The number of hydrogen-bond donors (Lipinski definition) is 1. The lowest BCUT2D eigenvalue weighted by molar-refractivity contribution is -0.137. The number of aliphatic carboxylic acids is 1. The predicted octanol–water partition coefficient (Wildman–Crippen LogP) is 3.41. The van der Waals surface area contributed by atoms with Crippen LogP contribution in [-0.4, -0.2) is 71.1 Å². The van der Waals surface area contributed by atoms with Crippen LogP contribution in [0.3, 0.4) is 0 Å². The second-order valence-electron chi connectivity index (χ2n) is 8.20. The van der Waals surface area contributed by atoms with E-state index in [0.29, 0.717) is 13.1 Å². The van der Waals surface area contributed by atoms with Crippen molar-refractivity contribution in [2.75, 3.05) is 33.7 Å². The van der Waals surface area contributed by atoms with Crippen LogP contribution in [-0.2, 0) is 10.3 Å². The predicted molar refractivity (Wildman–Crippen MR) is 112 cm³/mol. The van der Waals surface area contributed by atoms with Gasteiger partial charge in [0.25, 0.3) is 0 Å². The van der Waals surface area contributed by atoms with Crippen molar-refractivity contribution in [3.8, 4) is 0 Å². The molecule has 1 saturated carbocycles. The van der Waals surface area contributed by atoms with Crippen molar-refractivity contribution in [3.63, 3.8) is 0 Å². The van der Waals surface area contributed by atoms with Crippen LogP contribution in [0.2, 0.25) is 0 Å². The number of carbonyl (C=O) groups excluding carboxylic acids is 1. The zero-order valence-corrected chi connectivity index (χ0v) is 17.9. The Hall–Kier alpha value is -1.79. The van der Waals surface area contributed by atoms with Gasteiger partial charge >= 0.3 is 12.0 Å². The van der Waals surface area contributed by atoms with Crippen LogP contribution in [0.4, 0.5) is 4.79 Å². The zero-order chi connectivity index (χ0) is 19.7. The van der Waals surface area contributed by atoms with Gasteiger partial charge in [-0.15, -0.1) is 12.4 Å². The maximum atomic E-state index is 12.8. The molecule has 0 aromatic heterocycles. The van der Waals surface area contributed by atoms with E-state index < -0.39 is 5.97 Å². The number of nitrogens with zero attached hydrogens (tertiary/aromatic N) is 3. The smallest absolute Gasteiger partial charge is 0.323 e. The number of carboxylic acid groups (broad SMARTS) is 1. The second kappa shape index (κ2) is 8.70. The summed E-state index contributed by atoms with van der Waals surface area (Å²) >= 11 is 0. The highest BCUT2D eigenvalue weighted by Gasteiger charge is 2.54. The fraction of sp³-hybridized carbons (Fsp3) is 0.619. The van der Waals surface area contributed by atoms with Gasteiger partial charge in [-0.3, -0.25) is 9.69 Å². The number of rotatable bonds is 6. The SMILES string of the molecule is CCCN1C(=O)N(CC(=O)O)CC12CCC(c1ccccc1)(N(C)C)CC2.Cl. The minimum Gasteiger partial charge on any atom is -0.480 e. The van der Waals surface area contributed by atoms with E-state index in [1.807, 2.05) is 11.0 Å². The molecule has 0 bridgehead atoms. The van der Waals surface area contributed by atoms with Crippen LogP contribution in [0.1, 0.15) is 44.6 Å². The summed E-state index contributed by atoms with van der Waals surface area (Å²) in [6.07, 6.45) is 4.58. The Kier molecular flexibility index (Phi) is 6.99. The molecule has 6 nitrogen and oxygen atoms in total. The average molecular weight is 410 g/mol. The standard InChI is InChI=1S/C21H31N3O3.ClH/c1-4-14-24-19(27)23(15-18(25)26)16-20(24)10-12-21(13-11-20,22(2)3)17-8-6-5-7-9-17;/h5-9H,4,10-16H2,1-3H3,(H,25,26);1H. The van der Waals surface area contributed by atoms with Crippen molar-refractivity contribution < 1.29 is 14.7 Å². The third kappa shape index (κ3) is 3.85. The van der Waals surface area contributed by atoms with Gasteiger partial charge in [0.15, 0.2) is 0 Å². The van der Waals surface area contributed by atoms with Crippen LogP contribution < -0.4 is 0 Å². The number of benzene rings is 1. The summed E-state index contributed by atoms with van der Waals surface area (Å²) in [6.45, 7) is 3.07. The lowest BCUT2D eigenvalue weighted by Crippen LogP contribution is -2.55. The Balaban J connectivity index is 0.00000280. The Labute approximate surface area is 173 Å². The lowest BCUT2D eigenvalue weighted by atomic mass is 9.68.